The summed E-state index contributed by atoms with van der Waals surface area (Å²) in [5, 5.41) is 8.95. The number of aromatic hydroxyl groups is 1. The Bertz CT molecular complexity index is 312. The minimum absolute atomic E-state index is 0.0907. The topological polar surface area (TPSA) is 46.2 Å². The highest BCUT2D eigenvalue weighted by Gasteiger charge is 2.09. The average molecular weight is 181 g/mol. The van der Waals surface area contributed by atoms with Crippen LogP contribution in [-0.2, 0) is 0 Å². The summed E-state index contributed by atoms with van der Waals surface area (Å²) in [5.74, 6) is -0.568. The Morgan fingerprint density at radius 2 is 2.31 bits per heavy atom. The van der Waals surface area contributed by atoms with Crippen LogP contribution in [0.3, 0.4) is 0 Å². The van der Waals surface area contributed by atoms with Crippen molar-refractivity contribution in [2.24, 2.45) is 5.73 Å². The molecule has 1 rings (SSSR count). The fourth-order valence-corrected chi connectivity index (χ4v) is 1.12. The molecule has 0 aliphatic rings. The van der Waals surface area contributed by atoms with Crippen LogP contribution in [0.1, 0.15) is 18.0 Å². The molecule has 0 aliphatic heterocycles. The van der Waals surface area contributed by atoms with Crippen LogP contribution in [0.2, 0.25) is 0 Å². The van der Waals surface area contributed by atoms with E-state index < -0.39 is 11.9 Å². The molecule has 1 aromatic rings. The summed E-state index contributed by atoms with van der Waals surface area (Å²) in [6, 6.07) is 3.57. The predicted molar refractivity (Wildman–Crippen MR) is 49.8 cm³/mol. The summed E-state index contributed by atoms with van der Waals surface area (Å²) >= 11 is 0. The maximum absolute atomic E-state index is 13.1. The number of nitrogens with two attached hydrogens (primary N) is 1. The number of benzene rings is 1. The molecule has 0 fully saturated rings. The number of halogens is 1. The SMILES string of the molecule is C=CCC(N)c1ccc(O)cc1F. The molecule has 2 nitrogen and oxygen atoms in total. The van der Waals surface area contributed by atoms with Crippen molar-refractivity contribution in [3.05, 3.63) is 42.2 Å². The standard InChI is InChI=1S/C10H12FNO/c1-2-3-10(12)8-5-4-7(13)6-9(8)11/h2,4-6,10,13H,1,3,12H2. The van der Waals surface area contributed by atoms with Gasteiger partial charge in [0.05, 0.1) is 0 Å². The van der Waals surface area contributed by atoms with Gasteiger partial charge in [0.1, 0.15) is 11.6 Å². The number of phenols is 1. The lowest BCUT2D eigenvalue weighted by molar-refractivity contribution is 0.466. The van der Waals surface area contributed by atoms with Gasteiger partial charge in [0, 0.05) is 17.7 Å². The van der Waals surface area contributed by atoms with Gasteiger partial charge in [0.2, 0.25) is 0 Å². The summed E-state index contributed by atoms with van der Waals surface area (Å²) in [5.41, 5.74) is 6.06. The molecule has 1 unspecified atom stereocenters. The minimum atomic E-state index is -0.477. The Kier molecular flexibility index (Phi) is 3.03. The normalized spacial score (nSPS) is 12.5. The monoisotopic (exact) mass is 181 g/mol. The first-order valence-corrected chi connectivity index (χ1v) is 4.00. The number of phenolic OH excluding ortho intramolecular Hbond substituents is 1. The number of rotatable bonds is 3. The lowest BCUT2D eigenvalue weighted by Gasteiger charge is -2.10. The second kappa shape index (κ2) is 4.05. The van der Waals surface area contributed by atoms with Gasteiger partial charge in [0.25, 0.3) is 0 Å². The Balaban J connectivity index is 2.94. The molecular formula is C10H12FNO. The average Bonchev–Trinajstić information content (AvgIpc) is 2.04. The minimum Gasteiger partial charge on any atom is -0.508 e. The number of hydrogen-bond donors (Lipinski definition) is 2. The van der Waals surface area contributed by atoms with Crippen molar-refractivity contribution in [3.8, 4) is 5.75 Å². The molecule has 1 atom stereocenters. The van der Waals surface area contributed by atoms with E-state index in [0.717, 1.165) is 6.07 Å². The van der Waals surface area contributed by atoms with Crippen molar-refractivity contribution in [3.63, 3.8) is 0 Å². The summed E-state index contributed by atoms with van der Waals surface area (Å²) in [4.78, 5) is 0. The first-order valence-electron chi connectivity index (χ1n) is 4.00. The fourth-order valence-electron chi connectivity index (χ4n) is 1.12. The van der Waals surface area contributed by atoms with E-state index in [9.17, 15) is 4.39 Å². The van der Waals surface area contributed by atoms with E-state index in [4.69, 9.17) is 10.8 Å². The molecule has 0 heterocycles. The molecule has 3 N–H and O–H groups in total. The zero-order chi connectivity index (χ0) is 9.84. The highest BCUT2D eigenvalue weighted by Crippen LogP contribution is 2.21. The van der Waals surface area contributed by atoms with Gasteiger partial charge in [-0.25, -0.2) is 4.39 Å². The van der Waals surface area contributed by atoms with Crippen molar-refractivity contribution >= 4 is 0 Å². The van der Waals surface area contributed by atoms with Crippen molar-refractivity contribution in [2.45, 2.75) is 12.5 Å². The largest absolute Gasteiger partial charge is 0.508 e. The lowest BCUT2D eigenvalue weighted by atomic mass is 10.0. The molecule has 13 heavy (non-hydrogen) atoms. The van der Waals surface area contributed by atoms with Crippen LogP contribution in [0.25, 0.3) is 0 Å². The second-order valence-electron chi connectivity index (χ2n) is 2.84. The van der Waals surface area contributed by atoms with E-state index in [1.165, 1.54) is 12.1 Å². The lowest BCUT2D eigenvalue weighted by Crippen LogP contribution is -2.10. The van der Waals surface area contributed by atoms with Crippen LogP contribution in [0.15, 0.2) is 30.9 Å². The van der Waals surface area contributed by atoms with E-state index in [2.05, 4.69) is 6.58 Å². The third-order valence-electron chi connectivity index (χ3n) is 1.80. The van der Waals surface area contributed by atoms with Gasteiger partial charge in [0.15, 0.2) is 0 Å². The van der Waals surface area contributed by atoms with E-state index in [-0.39, 0.29) is 5.75 Å². The zero-order valence-electron chi connectivity index (χ0n) is 7.20. The smallest absolute Gasteiger partial charge is 0.131 e. The van der Waals surface area contributed by atoms with Gasteiger partial charge in [-0.2, -0.15) is 0 Å². The van der Waals surface area contributed by atoms with Crippen LogP contribution >= 0.6 is 0 Å². The van der Waals surface area contributed by atoms with E-state index in [0.29, 0.717) is 12.0 Å². The Hall–Kier alpha value is -1.35. The fraction of sp³-hybridized carbons (Fsp3) is 0.200. The summed E-state index contributed by atoms with van der Waals surface area (Å²) < 4.78 is 13.1. The van der Waals surface area contributed by atoms with Gasteiger partial charge >= 0.3 is 0 Å². The molecule has 70 valence electrons. The number of hydrogen-bond acceptors (Lipinski definition) is 2. The van der Waals surface area contributed by atoms with Crippen molar-refractivity contribution in [1.82, 2.24) is 0 Å². The predicted octanol–water partition coefficient (Wildman–Crippen LogP) is 2.11. The third kappa shape index (κ3) is 2.29. The highest BCUT2D eigenvalue weighted by atomic mass is 19.1. The molecule has 0 aromatic heterocycles. The highest BCUT2D eigenvalue weighted by molar-refractivity contribution is 5.29. The van der Waals surface area contributed by atoms with Crippen molar-refractivity contribution in [1.29, 1.82) is 0 Å². The molecule has 0 bridgehead atoms. The van der Waals surface area contributed by atoms with Crippen LogP contribution in [0.5, 0.6) is 5.75 Å². The summed E-state index contributed by atoms with van der Waals surface area (Å²) in [6.45, 7) is 3.52. The Morgan fingerprint density at radius 1 is 1.62 bits per heavy atom. The second-order valence-corrected chi connectivity index (χ2v) is 2.84. The molecule has 0 saturated carbocycles. The maximum atomic E-state index is 13.1. The van der Waals surface area contributed by atoms with Gasteiger partial charge in [-0.1, -0.05) is 12.1 Å². The van der Waals surface area contributed by atoms with Crippen molar-refractivity contribution in [2.75, 3.05) is 0 Å². The summed E-state index contributed by atoms with van der Waals surface area (Å²) in [6.07, 6.45) is 2.15. The quantitative estimate of drug-likeness (QED) is 0.701. The maximum Gasteiger partial charge on any atom is 0.131 e. The molecule has 0 saturated heterocycles. The van der Waals surface area contributed by atoms with Gasteiger partial charge in [-0.05, 0) is 12.5 Å². The van der Waals surface area contributed by atoms with Gasteiger partial charge in [-0.3, -0.25) is 0 Å². The van der Waals surface area contributed by atoms with Crippen LogP contribution in [0, 0.1) is 5.82 Å². The first kappa shape index (κ1) is 9.74. The summed E-state index contributed by atoms with van der Waals surface area (Å²) in [7, 11) is 0. The van der Waals surface area contributed by atoms with Crippen LogP contribution in [0.4, 0.5) is 4.39 Å². The van der Waals surface area contributed by atoms with Crippen LogP contribution < -0.4 is 5.73 Å². The molecule has 0 radical (unpaired) electrons. The Morgan fingerprint density at radius 3 is 2.85 bits per heavy atom. The molecule has 1 aromatic carbocycles. The molecule has 0 amide bonds. The van der Waals surface area contributed by atoms with E-state index >= 15 is 0 Å². The van der Waals surface area contributed by atoms with Crippen LogP contribution in [-0.4, -0.2) is 5.11 Å². The molecular weight excluding hydrogens is 169 g/mol. The van der Waals surface area contributed by atoms with Gasteiger partial charge in [-0.15, -0.1) is 6.58 Å². The molecule has 0 spiro atoms. The van der Waals surface area contributed by atoms with Crippen molar-refractivity contribution < 1.29 is 9.50 Å². The first-order chi connectivity index (χ1) is 6.15. The third-order valence-corrected chi connectivity index (χ3v) is 1.80. The van der Waals surface area contributed by atoms with E-state index in [1.807, 2.05) is 0 Å². The molecule has 0 aliphatic carbocycles. The van der Waals surface area contributed by atoms with Gasteiger partial charge < -0.3 is 10.8 Å². The van der Waals surface area contributed by atoms with E-state index in [1.54, 1.807) is 6.08 Å². The molecule has 3 heteroatoms. The Labute approximate surface area is 76.5 Å². The zero-order valence-corrected chi connectivity index (χ0v) is 7.20.